The van der Waals surface area contributed by atoms with E-state index in [0.29, 0.717) is 91.0 Å². The number of nitrogens with one attached hydrogen (secondary N) is 11. The summed E-state index contributed by atoms with van der Waals surface area (Å²) < 4.78 is 11.3. The van der Waals surface area contributed by atoms with Crippen molar-refractivity contribution in [1.29, 1.82) is 0 Å². The number of aliphatic carboxylic acids is 1. The fourth-order valence-corrected chi connectivity index (χ4v) is 19.7. The van der Waals surface area contributed by atoms with E-state index in [1.165, 1.54) is 12.1 Å². The standard InChI is InChI=1S/C80H124N12O17S/c1-48(2)39-62(90-76(104)63(41-50-15-7-6-8-16-50)88-70(99)45-85-69(98)44-86-73(101)59(81)40-51-22-25-53(93)26-23-51)74(102)84-34-14-11-17-60(75(103)89-61(77(105)106)18-12-13-33-82-67(96)20-10-9-19-65-72-64(47-110-65)91-78(107)92-72)87-71(100)46-109-38-37-108-36-35-83-68(97)30-21-49(3)56-28-29-57-55-27-24-52-42-54(94)31-32-79(52,4)58(55)43-66(95)80(56,57)5/h6-8,15-16,22-23,25-26,48-49,52,54-66,72,93-95H,9-14,17-21,24,27-47,81H2,1-5H3,(H,82,96)(H,83,97)(H,84,102)(H,85,98)(H,86,101)(H,87,100)(H,88,99)(H,89,103)(H,90,104)(H,105,106)(H2,91,92,107)/t49-,52+,54+,55-,56+,57-,58-,59-,60-,61-,62?,63-,64-,65-,66-,72-,79-,80+/m0/s1. The summed E-state index contributed by atoms with van der Waals surface area (Å²) in [5.41, 5.74) is 7.38. The number of aliphatic hydroxyl groups excluding tert-OH is 2. The van der Waals surface area contributed by atoms with Crippen LogP contribution in [0.15, 0.2) is 54.6 Å². The molecule has 1 unspecified atom stereocenters. The van der Waals surface area contributed by atoms with E-state index in [2.05, 4.69) is 79.3 Å². The summed E-state index contributed by atoms with van der Waals surface area (Å²) in [5.74, 6) is -2.74. The van der Waals surface area contributed by atoms with Gasteiger partial charge in [-0.1, -0.05) is 83.5 Å². The number of carbonyl (C=O) groups is 11. The number of unbranched alkanes of at least 4 members (excludes halogenated alkanes) is 3. The predicted molar refractivity (Wildman–Crippen MR) is 414 cm³/mol. The number of rotatable bonds is 46. The minimum Gasteiger partial charge on any atom is -0.508 e. The van der Waals surface area contributed by atoms with E-state index in [9.17, 15) is 73.2 Å². The molecule has 4 aliphatic carbocycles. The lowest BCUT2D eigenvalue weighted by atomic mass is 9.43. The maximum atomic E-state index is 14.1. The van der Waals surface area contributed by atoms with Gasteiger partial charge in [-0.25, -0.2) is 9.59 Å². The molecule has 6 fully saturated rings. The number of aliphatic hydroxyl groups is 2. The van der Waals surface area contributed by atoms with Gasteiger partial charge in [0.15, 0.2) is 0 Å². The maximum absolute atomic E-state index is 14.1. The van der Waals surface area contributed by atoms with Gasteiger partial charge in [-0.05, 0) is 198 Å². The van der Waals surface area contributed by atoms with Crippen LogP contribution in [-0.4, -0.2) is 210 Å². The third-order valence-corrected chi connectivity index (χ3v) is 25.7. The molecular formula is C80H124N12O17S. The summed E-state index contributed by atoms with van der Waals surface area (Å²) in [4.78, 5) is 144. The number of urea groups is 1. The molecule has 2 aromatic carbocycles. The third kappa shape index (κ3) is 26.2. The number of hydrogen-bond donors (Lipinski definition) is 16. The number of benzene rings is 2. The van der Waals surface area contributed by atoms with Gasteiger partial charge in [-0.2, -0.15) is 11.8 Å². The summed E-state index contributed by atoms with van der Waals surface area (Å²) in [6, 6.07) is 9.26. The molecule has 6 aliphatic rings. The third-order valence-electron chi connectivity index (χ3n) is 24.2. The Kier molecular flexibility index (Phi) is 34.7. The lowest BCUT2D eigenvalue weighted by Gasteiger charge is -2.62. The molecular weight excluding hydrogens is 1430 g/mol. The van der Waals surface area contributed by atoms with Crippen LogP contribution in [0.1, 0.15) is 181 Å². The van der Waals surface area contributed by atoms with Crippen molar-refractivity contribution in [2.75, 3.05) is 64.9 Å². The summed E-state index contributed by atoms with van der Waals surface area (Å²) in [5, 5.41) is 72.8. The van der Waals surface area contributed by atoms with E-state index in [4.69, 9.17) is 15.2 Å². The van der Waals surface area contributed by atoms with E-state index in [1.54, 1.807) is 42.5 Å². The van der Waals surface area contributed by atoms with Crippen LogP contribution in [0.4, 0.5) is 4.79 Å². The highest BCUT2D eigenvalue weighted by atomic mass is 32.2. The van der Waals surface area contributed by atoms with E-state index in [-0.39, 0.29) is 142 Å². The van der Waals surface area contributed by atoms with Crippen LogP contribution in [0.2, 0.25) is 0 Å². The van der Waals surface area contributed by atoms with Crippen LogP contribution < -0.4 is 64.2 Å². The number of amides is 11. The fraction of sp³-hybridized carbons (Fsp3) is 0.713. The van der Waals surface area contributed by atoms with Crippen molar-refractivity contribution in [2.45, 2.75) is 242 Å². The number of hydrogen-bond acceptors (Lipinski definition) is 18. The summed E-state index contributed by atoms with van der Waals surface area (Å²) in [7, 11) is 0. The van der Waals surface area contributed by atoms with Crippen LogP contribution in [0.5, 0.6) is 5.75 Å². The zero-order valence-corrected chi connectivity index (χ0v) is 65.7. The number of fused-ring (bicyclic) bond motifs is 6. The molecule has 8 rings (SSSR count). The summed E-state index contributed by atoms with van der Waals surface area (Å²) in [6.07, 6.45) is 12.9. The normalized spacial score (nSPS) is 26.0. The van der Waals surface area contributed by atoms with Gasteiger partial charge in [0.2, 0.25) is 53.2 Å². The molecule has 2 aliphatic heterocycles. The number of phenols is 1. The second-order valence-electron chi connectivity index (χ2n) is 32.4. The van der Waals surface area contributed by atoms with Crippen molar-refractivity contribution in [3.05, 3.63) is 65.7 Å². The number of nitrogens with two attached hydrogens (primary N) is 1. The highest BCUT2D eigenvalue weighted by molar-refractivity contribution is 8.00. The second-order valence-corrected chi connectivity index (χ2v) is 33.7. The van der Waals surface area contributed by atoms with Gasteiger partial charge in [-0.15, -0.1) is 0 Å². The molecule has 2 heterocycles. The molecule has 0 spiro atoms. The number of phenolic OH excluding ortho intramolecular Hbond substituents is 1. The first-order chi connectivity index (χ1) is 52.6. The van der Waals surface area contributed by atoms with Gasteiger partial charge < -0.3 is 94.1 Å². The zero-order valence-electron chi connectivity index (χ0n) is 64.9. The summed E-state index contributed by atoms with van der Waals surface area (Å²) in [6.45, 7) is 10.1. The molecule has 0 aromatic heterocycles. The minimum atomic E-state index is -1.33. The van der Waals surface area contributed by atoms with Gasteiger partial charge in [0, 0.05) is 49.9 Å². The van der Waals surface area contributed by atoms with Crippen molar-refractivity contribution in [3.63, 3.8) is 0 Å². The summed E-state index contributed by atoms with van der Waals surface area (Å²) >= 11 is 1.82. The Bertz CT molecular complexity index is 3380. The first-order valence-electron chi connectivity index (χ1n) is 40.2. The Labute approximate surface area is 651 Å². The van der Waals surface area contributed by atoms with E-state index >= 15 is 0 Å². The van der Waals surface area contributed by atoms with Crippen LogP contribution in [-0.2, 0) is 70.3 Å². The second kappa shape index (κ2) is 43.4. The van der Waals surface area contributed by atoms with Gasteiger partial charge in [0.05, 0.1) is 63.2 Å². The highest BCUT2D eigenvalue weighted by Gasteiger charge is 2.64. The molecule has 110 heavy (non-hydrogen) atoms. The smallest absolute Gasteiger partial charge is 0.326 e. The molecule has 4 saturated carbocycles. The average Bonchev–Trinajstić information content (AvgIpc) is 1.42. The van der Waals surface area contributed by atoms with E-state index in [0.717, 1.165) is 70.0 Å². The first-order valence-corrected chi connectivity index (χ1v) is 41.2. The molecule has 17 N–H and O–H groups in total. The molecule has 30 heteroatoms. The predicted octanol–water partition coefficient (Wildman–Crippen LogP) is 3.66. The lowest BCUT2D eigenvalue weighted by Crippen LogP contribution is -2.58. The molecule has 11 amide bonds. The zero-order chi connectivity index (χ0) is 79.5. The SMILES string of the molecule is CC(C)CC(NC(=O)[C@H](Cc1ccccc1)NC(=O)CNC(=O)CNC(=O)[C@@H](N)Cc1ccc(O)cc1)C(=O)NCCCC[C@H](NC(=O)COCCOCCNC(=O)CC[C@H](C)[C@H]1CC[C@H]2[C@@H]3CC[C@@H]4C[C@H](O)CC[C@]4(C)[C@H]3C[C@H](O)[C@]12C)C(=O)N[C@@H](CCCCNC(=O)CCCC[C@@H]1SC[C@@H]2NC(=O)N[C@@H]21)C(=O)O. The van der Waals surface area contributed by atoms with Crippen molar-refractivity contribution >= 4 is 76.9 Å². The topological polar surface area (TPSA) is 445 Å². The van der Waals surface area contributed by atoms with Crippen molar-refractivity contribution in [2.24, 2.45) is 58.0 Å². The van der Waals surface area contributed by atoms with Crippen LogP contribution in [0.3, 0.4) is 0 Å². The molecule has 29 nitrogen and oxygen atoms in total. The molecule has 612 valence electrons. The van der Waals surface area contributed by atoms with Gasteiger partial charge in [0.25, 0.3) is 0 Å². The maximum Gasteiger partial charge on any atom is 0.326 e. The van der Waals surface area contributed by atoms with Gasteiger partial charge in [0.1, 0.15) is 36.5 Å². The first kappa shape index (κ1) is 87.9. The Hall–Kier alpha value is -7.64. The van der Waals surface area contributed by atoms with E-state index < -0.39 is 103 Å². The number of ether oxygens (including phenoxy) is 2. The Morgan fingerprint density at radius 3 is 2.00 bits per heavy atom. The quantitative estimate of drug-likeness (QED) is 0.0332. The number of carboxylic acids is 1. The Morgan fingerprint density at radius 1 is 0.600 bits per heavy atom. The number of carbonyl (C=O) groups excluding carboxylic acids is 10. The molecule has 2 aromatic rings. The van der Waals surface area contributed by atoms with Crippen molar-refractivity contribution < 1.29 is 82.6 Å². The van der Waals surface area contributed by atoms with Gasteiger partial charge >= 0.3 is 12.0 Å². The molecule has 18 atom stereocenters. The van der Waals surface area contributed by atoms with Crippen LogP contribution in [0, 0.1) is 52.3 Å². The largest absolute Gasteiger partial charge is 0.508 e. The van der Waals surface area contributed by atoms with Crippen LogP contribution >= 0.6 is 11.8 Å². The average molecular weight is 1560 g/mol. The Balaban J connectivity index is 0.766. The highest BCUT2D eigenvalue weighted by Crippen LogP contribution is 2.68. The van der Waals surface area contributed by atoms with Crippen molar-refractivity contribution in [3.8, 4) is 5.75 Å². The van der Waals surface area contributed by atoms with Crippen molar-refractivity contribution in [1.82, 2.24) is 58.5 Å². The Morgan fingerprint density at radius 2 is 1.26 bits per heavy atom. The molecule has 2 saturated heterocycles. The number of aromatic hydroxyl groups is 1. The van der Waals surface area contributed by atoms with E-state index in [1.807, 2.05) is 25.6 Å². The fourth-order valence-electron chi connectivity index (χ4n) is 18.2. The van der Waals surface area contributed by atoms with Gasteiger partial charge in [-0.3, -0.25) is 43.2 Å². The lowest BCUT2D eigenvalue weighted by molar-refractivity contribution is -0.175. The minimum absolute atomic E-state index is 0.00106. The molecule has 0 bridgehead atoms. The number of carboxylic acid groups (broad SMARTS) is 1. The number of thioether (sulfide) groups is 1. The monoisotopic (exact) mass is 1560 g/mol. The molecule has 0 radical (unpaired) electrons. The van der Waals surface area contributed by atoms with Crippen LogP contribution in [0.25, 0.3) is 0 Å².